The molecule has 2 unspecified atom stereocenters. The zero-order valence-corrected chi connectivity index (χ0v) is 12.2. The number of rotatable bonds is 3. The summed E-state index contributed by atoms with van der Waals surface area (Å²) in [5, 5.41) is 3.24. The molecule has 2 aromatic rings. The first-order valence-corrected chi connectivity index (χ1v) is 7.12. The Morgan fingerprint density at radius 1 is 1.14 bits per heavy atom. The number of primary amides is 1. The minimum atomic E-state index is -0.707. The van der Waals surface area contributed by atoms with Gasteiger partial charge in [0.15, 0.2) is 0 Å². The number of hydrogen-bond donors (Lipinski definition) is 2. The van der Waals surface area contributed by atoms with Crippen LogP contribution in [0.5, 0.6) is 0 Å². The van der Waals surface area contributed by atoms with E-state index in [4.69, 9.17) is 5.73 Å². The van der Waals surface area contributed by atoms with Gasteiger partial charge >= 0.3 is 0 Å². The topological polar surface area (TPSA) is 75.4 Å². The molecule has 2 aromatic carbocycles. The number of carbonyl (C=O) groups is 2. The minimum Gasteiger partial charge on any atom is -0.368 e. The van der Waals surface area contributed by atoms with Crippen molar-refractivity contribution in [2.45, 2.75) is 19.0 Å². The average Bonchev–Trinajstić information content (AvgIpc) is 2.54. The number of para-hydroxylation sites is 2. The number of anilines is 2. The fourth-order valence-electron chi connectivity index (χ4n) is 2.68. The van der Waals surface area contributed by atoms with Crippen LogP contribution < -0.4 is 16.0 Å². The van der Waals surface area contributed by atoms with Gasteiger partial charge in [-0.25, -0.2) is 0 Å². The van der Waals surface area contributed by atoms with Crippen LogP contribution in [0.25, 0.3) is 0 Å². The molecule has 0 aromatic heterocycles. The molecule has 0 radical (unpaired) electrons. The van der Waals surface area contributed by atoms with Gasteiger partial charge in [-0.05, 0) is 24.6 Å². The summed E-state index contributed by atoms with van der Waals surface area (Å²) in [5.74, 6) is -0.715. The number of nitrogens with one attached hydrogen (secondary N) is 1. The number of fused-ring (bicyclic) bond motifs is 1. The van der Waals surface area contributed by atoms with Crippen molar-refractivity contribution < 1.29 is 9.59 Å². The second-order valence-electron chi connectivity index (χ2n) is 5.29. The van der Waals surface area contributed by atoms with Crippen molar-refractivity contribution >= 4 is 23.2 Å². The van der Waals surface area contributed by atoms with E-state index in [2.05, 4.69) is 5.32 Å². The Bertz CT molecular complexity index is 715. The summed E-state index contributed by atoms with van der Waals surface area (Å²) < 4.78 is 0. The van der Waals surface area contributed by atoms with Gasteiger partial charge in [0.25, 0.3) is 5.91 Å². The van der Waals surface area contributed by atoms with Crippen molar-refractivity contribution in [3.8, 4) is 0 Å². The average molecular weight is 295 g/mol. The number of carbonyl (C=O) groups excluding carboxylic acids is 2. The van der Waals surface area contributed by atoms with E-state index in [1.165, 1.54) is 4.90 Å². The summed E-state index contributed by atoms with van der Waals surface area (Å²) in [6.45, 7) is 1.64. The molecule has 3 rings (SSSR count). The normalized spacial score (nSPS) is 18.3. The van der Waals surface area contributed by atoms with Crippen molar-refractivity contribution in [2.75, 3.05) is 10.2 Å². The molecule has 1 heterocycles. The standard InChI is InChI=1S/C17H17N3O2/c1-11(16(18)21)20-14-10-6-5-9-13(14)19-15(17(20)22)12-7-3-2-4-8-12/h2-11,15,19H,1H3,(H2,18,21). The Labute approximate surface area is 128 Å². The van der Waals surface area contributed by atoms with Crippen molar-refractivity contribution in [2.24, 2.45) is 5.73 Å². The molecule has 0 bridgehead atoms. The lowest BCUT2D eigenvalue weighted by atomic mass is 10.00. The van der Waals surface area contributed by atoms with E-state index in [1.54, 1.807) is 13.0 Å². The third kappa shape index (κ3) is 2.30. The summed E-state index contributed by atoms with van der Waals surface area (Å²) in [7, 11) is 0. The van der Waals surface area contributed by atoms with Gasteiger partial charge in [-0.2, -0.15) is 0 Å². The van der Waals surface area contributed by atoms with Gasteiger partial charge < -0.3 is 11.1 Å². The molecule has 2 atom stereocenters. The highest BCUT2D eigenvalue weighted by atomic mass is 16.2. The van der Waals surface area contributed by atoms with Gasteiger partial charge in [0.05, 0.1) is 11.4 Å². The molecule has 5 heteroatoms. The molecule has 5 nitrogen and oxygen atoms in total. The van der Waals surface area contributed by atoms with Gasteiger partial charge in [-0.15, -0.1) is 0 Å². The first kappa shape index (κ1) is 14.1. The molecule has 2 amide bonds. The lowest BCUT2D eigenvalue weighted by Gasteiger charge is -2.37. The van der Waals surface area contributed by atoms with E-state index in [9.17, 15) is 9.59 Å². The van der Waals surface area contributed by atoms with E-state index >= 15 is 0 Å². The second kappa shape index (κ2) is 5.52. The highest BCUT2D eigenvalue weighted by Crippen LogP contribution is 2.37. The smallest absolute Gasteiger partial charge is 0.254 e. The Balaban J connectivity index is 2.09. The molecule has 0 aliphatic carbocycles. The SMILES string of the molecule is CC(C(N)=O)N1C(=O)C(c2ccccc2)Nc2ccccc21. The van der Waals surface area contributed by atoms with Crippen molar-refractivity contribution in [1.29, 1.82) is 0 Å². The monoisotopic (exact) mass is 295 g/mol. The Kier molecular flexibility index (Phi) is 3.55. The lowest BCUT2D eigenvalue weighted by Crippen LogP contribution is -2.51. The van der Waals surface area contributed by atoms with Gasteiger partial charge in [0.2, 0.25) is 5.91 Å². The summed E-state index contributed by atoms with van der Waals surface area (Å²) in [6.07, 6.45) is 0. The molecule has 0 fully saturated rings. The maximum Gasteiger partial charge on any atom is 0.254 e. The molecule has 1 aliphatic rings. The van der Waals surface area contributed by atoms with Crippen molar-refractivity contribution in [3.63, 3.8) is 0 Å². The van der Waals surface area contributed by atoms with Crippen LogP contribution in [0.3, 0.4) is 0 Å². The van der Waals surface area contributed by atoms with Gasteiger partial charge in [-0.1, -0.05) is 42.5 Å². The fourth-order valence-corrected chi connectivity index (χ4v) is 2.68. The maximum absolute atomic E-state index is 12.9. The summed E-state index contributed by atoms with van der Waals surface area (Å²) in [5.41, 5.74) is 7.75. The predicted molar refractivity (Wildman–Crippen MR) is 85.4 cm³/mol. The van der Waals surface area contributed by atoms with Crippen LogP contribution in [0.1, 0.15) is 18.5 Å². The Morgan fingerprint density at radius 3 is 2.45 bits per heavy atom. The Hall–Kier alpha value is -2.82. The number of hydrogen-bond acceptors (Lipinski definition) is 3. The van der Waals surface area contributed by atoms with Gasteiger partial charge in [0.1, 0.15) is 12.1 Å². The zero-order valence-electron chi connectivity index (χ0n) is 12.2. The third-order valence-corrected chi connectivity index (χ3v) is 3.88. The molecule has 112 valence electrons. The zero-order chi connectivity index (χ0) is 15.7. The van der Waals surface area contributed by atoms with E-state index in [0.717, 1.165) is 11.3 Å². The van der Waals surface area contributed by atoms with Crippen LogP contribution in [0.15, 0.2) is 54.6 Å². The minimum absolute atomic E-state index is 0.184. The number of nitrogens with two attached hydrogens (primary N) is 1. The van der Waals surface area contributed by atoms with Crippen LogP contribution >= 0.6 is 0 Å². The van der Waals surface area contributed by atoms with Crippen LogP contribution in [-0.4, -0.2) is 17.9 Å². The molecule has 3 N–H and O–H groups in total. The molecule has 1 aliphatic heterocycles. The summed E-state index contributed by atoms with van der Waals surface area (Å²) >= 11 is 0. The van der Waals surface area contributed by atoms with Gasteiger partial charge in [-0.3, -0.25) is 14.5 Å². The largest absolute Gasteiger partial charge is 0.368 e. The number of benzene rings is 2. The van der Waals surface area contributed by atoms with E-state index < -0.39 is 18.0 Å². The van der Waals surface area contributed by atoms with Crippen molar-refractivity contribution in [3.05, 3.63) is 60.2 Å². The first-order chi connectivity index (χ1) is 10.6. The van der Waals surface area contributed by atoms with E-state index in [1.807, 2.05) is 48.5 Å². The highest BCUT2D eigenvalue weighted by molar-refractivity contribution is 6.09. The molecule has 0 saturated heterocycles. The number of amides is 2. The highest BCUT2D eigenvalue weighted by Gasteiger charge is 2.37. The van der Waals surface area contributed by atoms with Crippen LogP contribution in [0.2, 0.25) is 0 Å². The van der Waals surface area contributed by atoms with Crippen LogP contribution in [-0.2, 0) is 9.59 Å². The first-order valence-electron chi connectivity index (χ1n) is 7.12. The molecule has 0 spiro atoms. The Morgan fingerprint density at radius 2 is 1.77 bits per heavy atom. The number of nitrogens with zero attached hydrogens (tertiary/aromatic N) is 1. The molecule has 22 heavy (non-hydrogen) atoms. The fraction of sp³-hybridized carbons (Fsp3) is 0.176. The van der Waals surface area contributed by atoms with Crippen LogP contribution in [0, 0.1) is 0 Å². The molecule has 0 saturated carbocycles. The quantitative estimate of drug-likeness (QED) is 0.910. The second-order valence-corrected chi connectivity index (χ2v) is 5.29. The third-order valence-electron chi connectivity index (χ3n) is 3.88. The summed E-state index contributed by atoms with van der Waals surface area (Å²) in [6, 6.07) is 15.6. The maximum atomic E-state index is 12.9. The van der Waals surface area contributed by atoms with Crippen LogP contribution in [0.4, 0.5) is 11.4 Å². The van der Waals surface area contributed by atoms with Crippen molar-refractivity contribution in [1.82, 2.24) is 0 Å². The van der Waals surface area contributed by atoms with E-state index in [-0.39, 0.29) is 5.91 Å². The summed E-state index contributed by atoms with van der Waals surface area (Å²) in [4.78, 5) is 26.0. The molecular formula is C17H17N3O2. The predicted octanol–water partition coefficient (Wildman–Crippen LogP) is 2.06. The molecular weight excluding hydrogens is 278 g/mol. The lowest BCUT2D eigenvalue weighted by molar-refractivity contribution is -0.124. The van der Waals surface area contributed by atoms with Gasteiger partial charge in [0, 0.05) is 0 Å². The van der Waals surface area contributed by atoms with E-state index in [0.29, 0.717) is 5.69 Å².